The monoisotopic (exact) mass is 243 g/mol. The highest BCUT2D eigenvalue weighted by atomic mass is 32.1. The summed E-state index contributed by atoms with van der Waals surface area (Å²) in [6.45, 7) is 0.540. The summed E-state index contributed by atoms with van der Waals surface area (Å²) < 4.78 is 4.82. The summed E-state index contributed by atoms with van der Waals surface area (Å²) in [5.74, 6) is -0.695. The minimum absolute atomic E-state index is 0.151. The first-order valence-electron chi connectivity index (χ1n) is 4.68. The second-order valence-electron chi connectivity index (χ2n) is 3.04. The molecule has 88 valence electrons. The molecule has 0 spiro atoms. The molecule has 0 saturated heterocycles. The maximum absolute atomic E-state index is 11.4. The quantitative estimate of drug-likeness (QED) is 0.715. The highest BCUT2D eigenvalue weighted by Gasteiger charge is 2.09. The number of nitrogens with zero attached hydrogens (tertiary/aromatic N) is 1. The molecule has 0 aliphatic rings. The number of ether oxygens (including phenoxy) is 1. The van der Waals surface area contributed by atoms with Crippen molar-refractivity contribution in [2.45, 2.75) is 12.8 Å². The predicted molar refractivity (Wildman–Crippen MR) is 60.4 cm³/mol. The van der Waals surface area contributed by atoms with E-state index in [0.29, 0.717) is 29.5 Å². The van der Waals surface area contributed by atoms with Gasteiger partial charge in [0, 0.05) is 20.1 Å². The minimum atomic E-state index is -0.544. The van der Waals surface area contributed by atoms with Crippen molar-refractivity contribution in [2.24, 2.45) is 5.73 Å². The van der Waals surface area contributed by atoms with Crippen molar-refractivity contribution < 1.29 is 14.3 Å². The number of hydrogen-bond donors (Lipinski definition) is 2. The summed E-state index contributed by atoms with van der Waals surface area (Å²) in [6.07, 6.45) is 2.35. The van der Waals surface area contributed by atoms with Gasteiger partial charge in [-0.25, -0.2) is 4.98 Å². The molecule has 0 atom stereocenters. The Morgan fingerprint density at radius 1 is 1.62 bits per heavy atom. The van der Waals surface area contributed by atoms with Crippen LogP contribution < -0.4 is 11.1 Å². The number of nitrogens with two attached hydrogens (primary N) is 1. The molecule has 16 heavy (non-hydrogen) atoms. The molecule has 0 radical (unpaired) electrons. The van der Waals surface area contributed by atoms with E-state index in [9.17, 15) is 9.59 Å². The third-order valence-corrected chi connectivity index (χ3v) is 2.67. The Hall–Kier alpha value is -1.47. The Morgan fingerprint density at radius 3 is 2.94 bits per heavy atom. The molecule has 0 unspecified atom stereocenters. The van der Waals surface area contributed by atoms with Crippen molar-refractivity contribution in [2.75, 3.05) is 19.0 Å². The van der Waals surface area contributed by atoms with Gasteiger partial charge in [0.2, 0.25) is 5.91 Å². The Kier molecular flexibility index (Phi) is 4.87. The minimum Gasteiger partial charge on any atom is -0.385 e. The first-order chi connectivity index (χ1) is 7.63. The van der Waals surface area contributed by atoms with Gasteiger partial charge in [-0.15, -0.1) is 0 Å². The van der Waals surface area contributed by atoms with E-state index in [1.165, 1.54) is 6.20 Å². The summed E-state index contributed by atoms with van der Waals surface area (Å²) in [4.78, 5) is 26.3. The van der Waals surface area contributed by atoms with E-state index in [0.717, 1.165) is 11.3 Å². The largest absolute Gasteiger partial charge is 0.385 e. The van der Waals surface area contributed by atoms with Crippen LogP contribution in [0.4, 0.5) is 5.13 Å². The lowest BCUT2D eigenvalue weighted by Crippen LogP contribution is -2.11. The Bertz CT molecular complexity index is 378. The van der Waals surface area contributed by atoms with Crippen LogP contribution in [0.5, 0.6) is 0 Å². The number of rotatable bonds is 6. The summed E-state index contributed by atoms with van der Waals surface area (Å²) >= 11 is 1.06. The fourth-order valence-electron chi connectivity index (χ4n) is 1.00. The molecule has 1 heterocycles. The molecule has 6 nitrogen and oxygen atoms in total. The van der Waals surface area contributed by atoms with Crippen LogP contribution in [0.2, 0.25) is 0 Å². The average molecular weight is 243 g/mol. The zero-order valence-electron chi connectivity index (χ0n) is 8.86. The predicted octanol–water partition coefficient (Wildman–Crippen LogP) is 0.607. The maximum atomic E-state index is 11.4. The van der Waals surface area contributed by atoms with Crippen LogP contribution in [0.15, 0.2) is 6.20 Å². The van der Waals surface area contributed by atoms with Crippen LogP contribution in [-0.4, -0.2) is 30.5 Å². The lowest BCUT2D eigenvalue weighted by molar-refractivity contribution is -0.116. The number of primary amides is 1. The summed E-state index contributed by atoms with van der Waals surface area (Å²) in [5.41, 5.74) is 5.06. The van der Waals surface area contributed by atoms with Gasteiger partial charge in [-0.3, -0.25) is 9.59 Å². The van der Waals surface area contributed by atoms with Gasteiger partial charge in [0.05, 0.1) is 6.20 Å². The second kappa shape index (κ2) is 6.19. The van der Waals surface area contributed by atoms with E-state index in [1.54, 1.807) is 7.11 Å². The van der Waals surface area contributed by atoms with Gasteiger partial charge in [-0.1, -0.05) is 11.3 Å². The van der Waals surface area contributed by atoms with Crippen molar-refractivity contribution in [1.82, 2.24) is 4.98 Å². The topological polar surface area (TPSA) is 94.3 Å². The van der Waals surface area contributed by atoms with E-state index in [-0.39, 0.29) is 5.91 Å². The highest BCUT2D eigenvalue weighted by molar-refractivity contribution is 7.17. The molecular formula is C9H13N3O3S. The highest BCUT2D eigenvalue weighted by Crippen LogP contribution is 2.17. The number of methoxy groups -OCH3 is 1. The summed E-state index contributed by atoms with van der Waals surface area (Å²) in [5, 5.41) is 2.97. The average Bonchev–Trinajstić information content (AvgIpc) is 2.66. The first-order valence-corrected chi connectivity index (χ1v) is 5.49. The van der Waals surface area contributed by atoms with E-state index in [4.69, 9.17) is 10.5 Å². The van der Waals surface area contributed by atoms with Crippen LogP contribution in [0.3, 0.4) is 0 Å². The van der Waals surface area contributed by atoms with Gasteiger partial charge in [0.1, 0.15) is 4.88 Å². The molecule has 0 aliphatic carbocycles. The van der Waals surface area contributed by atoms with Gasteiger partial charge in [0.25, 0.3) is 5.91 Å². The smallest absolute Gasteiger partial charge is 0.260 e. The van der Waals surface area contributed by atoms with Crippen LogP contribution in [-0.2, 0) is 9.53 Å². The Labute approximate surface area is 96.8 Å². The van der Waals surface area contributed by atoms with Gasteiger partial charge >= 0.3 is 0 Å². The maximum Gasteiger partial charge on any atom is 0.260 e. The van der Waals surface area contributed by atoms with Gasteiger partial charge in [-0.2, -0.15) is 0 Å². The second-order valence-corrected chi connectivity index (χ2v) is 4.07. The Balaban J connectivity index is 2.40. The van der Waals surface area contributed by atoms with E-state index < -0.39 is 5.91 Å². The summed E-state index contributed by atoms with van der Waals surface area (Å²) in [7, 11) is 1.58. The van der Waals surface area contributed by atoms with E-state index in [1.807, 2.05) is 0 Å². The van der Waals surface area contributed by atoms with Crippen molar-refractivity contribution in [1.29, 1.82) is 0 Å². The van der Waals surface area contributed by atoms with E-state index in [2.05, 4.69) is 10.3 Å². The normalized spacial score (nSPS) is 10.1. The first kappa shape index (κ1) is 12.6. The van der Waals surface area contributed by atoms with Gasteiger partial charge in [-0.05, 0) is 6.42 Å². The number of carbonyl (C=O) groups is 2. The standard InChI is InChI=1S/C9H13N3O3S/c1-15-4-2-3-7(13)12-9-11-5-6(16-9)8(10)14/h5H,2-4H2,1H3,(H2,10,14)(H,11,12,13). The number of hydrogen-bond acceptors (Lipinski definition) is 5. The molecule has 1 rings (SSSR count). The molecule has 0 aromatic carbocycles. The molecule has 0 saturated carbocycles. The van der Waals surface area contributed by atoms with Crippen LogP contribution in [0.25, 0.3) is 0 Å². The lowest BCUT2D eigenvalue weighted by atomic mass is 10.3. The molecule has 1 aromatic rings. The van der Waals surface area contributed by atoms with Crippen molar-refractivity contribution in [3.8, 4) is 0 Å². The van der Waals surface area contributed by atoms with Gasteiger partial charge in [0.15, 0.2) is 5.13 Å². The van der Waals surface area contributed by atoms with Crippen molar-refractivity contribution >= 4 is 28.3 Å². The SMILES string of the molecule is COCCCC(=O)Nc1ncc(C(N)=O)s1. The number of thiazole rings is 1. The van der Waals surface area contributed by atoms with Gasteiger partial charge < -0.3 is 15.8 Å². The summed E-state index contributed by atoms with van der Waals surface area (Å²) in [6, 6.07) is 0. The number of anilines is 1. The van der Waals surface area contributed by atoms with Crippen molar-refractivity contribution in [3.63, 3.8) is 0 Å². The number of aromatic nitrogens is 1. The van der Waals surface area contributed by atoms with Crippen LogP contribution in [0.1, 0.15) is 22.5 Å². The molecule has 0 bridgehead atoms. The fraction of sp³-hybridized carbons (Fsp3) is 0.444. The molecule has 2 amide bonds. The molecular weight excluding hydrogens is 230 g/mol. The molecule has 7 heteroatoms. The number of nitrogens with one attached hydrogen (secondary N) is 1. The molecule has 1 aromatic heterocycles. The number of amides is 2. The number of carbonyl (C=O) groups excluding carboxylic acids is 2. The molecule has 0 fully saturated rings. The van der Waals surface area contributed by atoms with E-state index >= 15 is 0 Å². The zero-order chi connectivity index (χ0) is 12.0. The lowest BCUT2D eigenvalue weighted by Gasteiger charge is -2.00. The van der Waals surface area contributed by atoms with Crippen LogP contribution in [0, 0.1) is 0 Å². The molecule has 0 aliphatic heterocycles. The Morgan fingerprint density at radius 2 is 2.38 bits per heavy atom. The zero-order valence-corrected chi connectivity index (χ0v) is 9.67. The molecule has 3 N–H and O–H groups in total. The third-order valence-electron chi connectivity index (χ3n) is 1.75. The van der Waals surface area contributed by atoms with Crippen molar-refractivity contribution in [3.05, 3.63) is 11.1 Å². The third kappa shape index (κ3) is 3.95. The fourth-order valence-corrected chi connectivity index (χ4v) is 1.69. The van der Waals surface area contributed by atoms with Crippen LogP contribution >= 0.6 is 11.3 Å².